The number of para-hydroxylation sites is 2. The maximum Gasteiger partial charge on any atom is 0.240 e. The van der Waals surface area contributed by atoms with Crippen molar-refractivity contribution < 1.29 is 0 Å². The summed E-state index contributed by atoms with van der Waals surface area (Å²) in [7, 11) is 0. The fourth-order valence-corrected chi connectivity index (χ4v) is 8.97. The molecule has 0 unspecified atom stereocenters. The first-order valence-electron chi connectivity index (χ1n) is 20.9. The summed E-state index contributed by atoms with van der Waals surface area (Å²) in [5.74, 6) is 1.69. The number of aromatic nitrogens is 5. The highest BCUT2D eigenvalue weighted by Gasteiger charge is 2.21. The molecule has 9 aromatic carbocycles. The molecule has 0 aliphatic rings. The zero-order valence-electron chi connectivity index (χ0n) is 33.6. The first kappa shape index (κ1) is 35.5. The minimum absolute atomic E-state index is 0.544. The molecule has 12 aromatic rings. The molecule has 0 fully saturated rings. The second-order valence-corrected chi connectivity index (χ2v) is 15.7. The molecule has 0 spiro atoms. The Morgan fingerprint density at radius 2 is 0.532 bits per heavy atom. The smallest absolute Gasteiger partial charge is 0.240 e. The summed E-state index contributed by atoms with van der Waals surface area (Å²) >= 11 is 0. The molecule has 0 amide bonds. The van der Waals surface area contributed by atoms with E-state index in [1.54, 1.807) is 0 Å². The van der Waals surface area contributed by atoms with E-state index in [9.17, 15) is 0 Å². The van der Waals surface area contributed by atoms with Gasteiger partial charge in [-0.05, 0) is 68.8 Å². The molecule has 3 heterocycles. The van der Waals surface area contributed by atoms with E-state index in [-0.39, 0.29) is 0 Å². The van der Waals surface area contributed by atoms with Crippen LogP contribution in [-0.2, 0) is 0 Å². The largest absolute Gasteiger partial charge is 0.278 e. The Morgan fingerprint density at radius 3 is 0.968 bits per heavy atom. The van der Waals surface area contributed by atoms with E-state index < -0.39 is 0 Å². The Kier molecular flexibility index (Phi) is 8.42. The molecule has 62 heavy (non-hydrogen) atoms. The highest BCUT2D eigenvalue weighted by atomic mass is 15.3. The lowest BCUT2D eigenvalue weighted by molar-refractivity contribution is 0.893. The number of benzene rings is 9. The van der Waals surface area contributed by atoms with Gasteiger partial charge in [0.2, 0.25) is 11.9 Å². The van der Waals surface area contributed by atoms with Gasteiger partial charge in [0.1, 0.15) is 0 Å². The summed E-state index contributed by atoms with van der Waals surface area (Å²) in [5, 5.41) is 4.54. The molecule has 0 aliphatic heterocycles. The Balaban J connectivity index is 1.09. The van der Waals surface area contributed by atoms with Crippen LogP contribution >= 0.6 is 0 Å². The van der Waals surface area contributed by atoms with Crippen molar-refractivity contribution >= 4 is 43.6 Å². The van der Waals surface area contributed by atoms with Gasteiger partial charge in [-0.2, -0.15) is 15.0 Å². The van der Waals surface area contributed by atoms with Crippen molar-refractivity contribution in [3.05, 3.63) is 224 Å². The molecule has 12 rings (SSSR count). The SMILES string of the molecule is c1ccc(-c2ccc(-c3ccc(-c4nc(-n5c6ccccc6c6ccccc65)nc(-n5c6cc(-c7ccccc7)ccc6c6ccc(-c7ccccc7)cc65)n4)cc3)cc2)cc1. The Hall–Kier alpha value is -8.41. The molecule has 0 aliphatic carbocycles. The molecule has 5 nitrogen and oxygen atoms in total. The van der Waals surface area contributed by atoms with Gasteiger partial charge in [0, 0.05) is 27.1 Å². The number of nitrogens with zero attached hydrogens (tertiary/aromatic N) is 5. The van der Waals surface area contributed by atoms with E-state index >= 15 is 0 Å². The number of hydrogen-bond donors (Lipinski definition) is 0. The van der Waals surface area contributed by atoms with Crippen LogP contribution in [0.15, 0.2) is 224 Å². The van der Waals surface area contributed by atoms with Gasteiger partial charge in [0.15, 0.2) is 5.82 Å². The average Bonchev–Trinajstić information content (AvgIpc) is 3.87. The molecule has 5 heteroatoms. The fraction of sp³-hybridized carbons (Fsp3) is 0. The molecule has 3 aromatic heterocycles. The molecular formula is C57H37N5. The van der Waals surface area contributed by atoms with Crippen molar-refractivity contribution in [1.82, 2.24) is 24.1 Å². The maximum absolute atomic E-state index is 5.45. The van der Waals surface area contributed by atoms with Crippen LogP contribution in [0.4, 0.5) is 0 Å². The summed E-state index contributed by atoms with van der Waals surface area (Å²) in [6.45, 7) is 0. The molecule has 0 bridgehead atoms. The summed E-state index contributed by atoms with van der Waals surface area (Å²) in [4.78, 5) is 16.2. The second kappa shape index (κ2) is 14.7. The van der Waals surface area contributed by atoms with Crippen molar-refractivity contribution in [3.8, 4) is 67.8 Å². The zero-order chi connectivity index (χ0) is 41.0. The van der Waals surface area contributed by atoms with E-state index in [1.807, 2.05) is 6.07 Å². The van der Waals surface area contributed by atoms with E-state index in [0.717, 1.165) is 82.6 Å². The second-order valence-electron chi connectivity index (χ2n) is 15.7. The number of fused-ring (bicyclic) bond motifs is 6. The molecule has 0 radical (unpaired) electrons. The number of rotatable bonds is 7. The van der Waals surface area contributed by atoms with Gasteiger partial charge in [0.05, 0.1) is 22.1 Å². The average molecular weight is 792 g/mol. The monoisotopic (exact) mass is 791 g/mol. The summed E-state index contributed by atoms with van der Waals surface area (Å²) in [6.07, 6.45) is 0. The van der Waals surface area contributed by atoms with Crippen molar-refractivity contribution in [2.75, 3.05) is 0 Å². The van der Waals surface area contributed by atoms with Crippen molar-refractivity contribution in [2.45, 2.75) is 0 Å². The lowest BCUT2D eigenvalue weighted by Gasteiger charge is -2.13. The highest BCUT2D eigenvalue weighted by molar-refractivity contribution is 6.11. The lowest BCUT2D eigenvalue weighted by Crippen LogP contribution is -2.10. The Bertz CT molecular complexity index is 3440. The topological polar surface area (TPSA) is 48.5 Å². The summed E-state index contributed by atoms with van der Waals surface area (Å²) in [5.41, 5.74) is 14.2. The molecule has 290 valence electrons. The van der Waals surface area contributed by atoms with Crippen LogP contribution in [0, 0.1) is 0 Å². The highest BCUT2D eigenvalue weighted by Crippen LogP contribution is 2.38. The quantitative estimate of drug-likeness (QED) is 0.162. The van der Waals surface area contributed by atoms with E-state index in [0.29, 0.717) is 17.7 Å². The molecular weight excluding hydrogens is 755 g/mol. The van der Waals surface area contributed by atoms with Gasteiger partial charge >= 0.3 is 0 Å². The van der Waals surface area contributed by atoms with Gasteiger partial charge < -0.3 is 0 Å². The van der Waals surface area contributed by atoms with Gasteiger partial charge in [-0.1, -0.05) is 200 Å². The van der Waals surface area contributed by atoms with E-state index in [4.69, 9.17) is 15.0 Å². The van der Waals surface area contributed by atoms with Gasteiger partial charge in [-0.15, -0.1) is 0 Å². The first-order valence-corrected chi connectivity index (χ1v) is 20.9. The Labute approximate surface area is 358 Å². The van der Waals surface area contributed by atoms with Crippen LogP contribution in [0.2, 0.25) is 0 Å². The molecule has 0 N–H and O–H groups in total. The molecule has 0 saturated carbocycles. The third-order valence-corrected chi connectivity index (χ3v) is 12.0. The van der Waals surface area contributed by atoms with Gasteiger partial charge in [-0.3, -0.25) is 9.13 Å². The zero-order valence-corrected chi connectivity index (χ0v) is 33.6. The van der Waals surface area contributed by atoms with Gasteiger partial charge in [0.25, 0.3) is 0 Å². The summed E-state index contributed by atoms with van der Waals surface area (Å²) in [6, 6.07) is 79.3. The predicted molar refractivity (Wildman–Crippen MR) is 256 cm³/mol. The lowest BCUT2D eigenvalue weighted by atomic mass is 9.99. The third-order valence-electron chi connectivity index (χ3n) is 12.0. The minimum atomic E-state index is 0.544. The van der Waals surface area contributed by atoms with Crippen LogP contribution < -0.4 is 0 Å². The van der Waals surface area contributed by atoms with Crippen LogP contribution in [0.25, 0.3) is 111 Å². The van der Waals surface area contributed by atoms with Crippen molar-refractivity contribution in [3.63, 3.8) is 0 Å². The van der Waals surface area contributed by atoms with E-state index in [1.165, 1.54) is 11.1 Å². The van der Waals surface area contributed by atoms with Crippen molar-refractivity contribution in [2.24, 2.45) is 0 Å². The molecule has 0 atom stereocenters. The van der Waals surface area contributed by atoms with Gasteiger partial charge in [-0.25, -0.2) is 0 Å². The first-order chi connectivity index (χ1) is 30.7. The minimum Gasteiger partial charge on any atom is -0.278 e. The Morgan fingerprint density at radius 1 is 0.226 bits per heavy atom. The summed E-state index contributed by atoms with van der Waals surface area (Å²) < 4.78 is 4.41. The van der Waals surface area contributed by atoms with Crippen LogP contribution in [-0.4, -0.2) is 24.1 Å². The van der Waals surface area contributed by atoms with Crippen LogP contribution in [0.1, 0.15) is 0 Å². The predicted octanol–water partition coefficient (Wildman–Crippen LogP) is 14.4. The number of hydrogen-bond acceptors (Lipinski definition) is 3. The van der Waals surface area contributed by atoms with Crippen molar-refractivity contribution in [1.29, 1.82) is 0 Å². The maximum atomic E-state index is 5.45. The fourth-order valence-electron chi connectivity index (χ4n) is 8.97. The third kappa shape index (κ3) is 6.06. The normalized spacial score (nSPS) is 11.5. The molecule has 0 saturated heterocycles. The standard InChI is InChI=1S/C57H37N5/c1-4-14-38(15-5-1)41-24-26-42(27-25-41)43-28-30-44(31-29-43)55-58-56(61-51-22-12-10-20-47(51)48-21-11-13-23-52(48)61)60-57(59-55)62-53-36-45(39-16-6-2-7-17-39)32-34-49(53)50-35-33-46(37-54(50)62)40-18-8-3-9-19-40/h1-37H. The van der Waals surface area contributed by atoms with Crippen LogP contribution in [0.3, 0.4) is 0 Å². The van der Waals surface area contributed by atoms with E-state index in [2.05, 4.69) is 228 Å². The van der Waals surface area contributed by atoms with Crippen LogP contribution in [0.5, 0.6) is 0 Å².